The zero-order chi connectivity index (χ0) is 25.8. The molecule has 1 heterocycles. The third-order valence-electron chi connectivity index (χ3n) is 6.77. The van der Waals surface area contributed by atoms with E-state index >= 15 is 0 Å². The third-order valence-corrected chi connectivity index (χ3v) is 6.77. The summed E-state index contributed by atoms with van der Waals surface area (Å²) in [6.45, 7) is 4.83. The van der Waals surface area contributed by atoms with Crippen LogP contribution in [0.5, 0.6) is 5.75 Å². The van der Waals surface area contributed by atoms with Crippen molar-refractivity contribution in [1.29, 1.82) is 0 Å². The minimum absolute atomic E-state index is 0.00935. The summed E-state index contributed by atoms with van der Waals surface area (Å²) >= 11 is 0. The number of aromatic nitrogens is 1. The molecule has 0 spiro atoms. The van der Waals surface area contributed by atoms with Crippen LogP contribution in [0.2, 0.25) is 0 Å². The minimum atomic E-state index is 0.00935. The molecule has 5 aromatic rings. The second kappa shape index (κ2) is 10.8. The largest absolute Gasteiger partial charge is 0.497 e. The fourth-order valence-corrected chi connectivity index (χ4v) is 4.76. The van der Waals surface area contributed by atoms with Crippen molar-refractivity contribution in [3.05, 3.63) is 114 Å². The van der Waals surface area contributed by atoms with E-state index in [0.29, 0.717) is 19.0 Å². The molecule has 0 saturated carbocycles. The molecule has 1 N–H and O–H groups in total. The highest BCUT2D eigenvalue weighted by Gasteiger charge is 2.15. The number of benzene rings is 4. The predicted molar refractivity (Wildman–Crippen MR) is 152 cm³/mol. The zero-order valence-electron chi connectivity index (χ0n) is 21.6. The second-order valence-corrected chi connectivity index (χ2v) is 9.64. The molecule has 0 unspecified atom stereocenters. The van der Waals surface area contributed by atoms with Gasteiger partial charge in [-0.25, -0.2) is 0 Å². The van der Waals surface area contributed by atoms with Gasteiger partial charge in [-0.15, -0.1) is 0 Å². The summed E-state index contributed by atoms with van der Waals surface area (Å²) in [4.78, 5) is 12.9. The van der Waals surface area contributed by atoms with E-state index in [2.05, 4.69) is 96.7 Å². The standard InChI is InChI=1S/C33H32N2O2/c1-23(2)35-22-29(20-33(36)34-21-24-12-15-30(37-3)16-13-24)31-19-28(14-17-32(31)35)27-11-7-10-26(18-27)25-8-5-4-6-9-25/h4-19,22-23H,20-21H2,1-3H3,(H,34,36). The number of hydrogen-bond donors (Lipinski definition) is 1. The Morgan fingerprint density at radius 2 is 1.49 bits per heavy atom. The molecule has 1 aromatic heterocycles. The molecule has 0 atom stereocenters. The van der Waals surface area contributed by atoms with E-state index < -0.39 is 0 Å². The quantitative estimate of drug-likeness (QED) is 0.247. The van der Waals surface area contributed by atoms with E-state index in [9.17, 15) is 4.79 Å². The van der Waals surface area contributed by atoms with Crippen LogP contribution in [0.3, 0.4) is 0 Å². The van der Waals surface area contributed by atoms with Crippen molar-refractivity contribution < 1.29 is 9.53 Å². The molecule has 0 fully saturated rings. The number of ether oxygens (including phenoxy) is 1. The highest BCUT2D eigenvalue weighted by atomic mass is 16.5. The number of amides is 1. The lowest BCUT2D eigenvalue weighted by Gasteiger charge is -2.10. The maximum absolute atomic E-state index is 12.9. The fourth-order valence-electron chi connectivity index (χ4n) is 4.76. The summed E-state index contributed by atoms with van der Waals surface area (Å²) in [6.07, 6.45) is 2.46. The summed E-state index contributed by atoms with van der Waals surface area (Å²) < 4.78 is 7.47. The smallest absolute Gasteiger partial charge is 0.224 e. The van der Waals surface area contributed by atoms with Gasteiger partial charge < -0.3 is 14.6 Å². The molecule has 0 saturated heterocycles. The van der Waals surface area contributed by atoms with Crippen molar-refractivity contribution in [2.45, 2.75) is 32.9 Å². The molecule has 0 radical (unpaired) electrons. The zero-order valence-corrected chi connectivity index (χ0v) is 21.6. The van der Waals surface area contributed by atoms with Gasteiger partial charge in [0.2, 0.25) is 5.91 Å². The van der Waals surface area contributed by atoms with Crippen LogP contribution in [0.4, 0.5) is 0 Å². The number of methoxy groups -OCH3 is 1. The summed E-state index contributed by atoms with van der Waals surface area (Å²) in [5.74, 6) is 0.816. The summed E-state index contributed by atoms with van der Waals surface area (Å²) in [6, 6.07) is 33.7. The Morgan fingerprint density at radius 1 is 0.811 bits per heavy atom. The summed E-state index contributed by atoms with van der Waals surface area (Å²) in [7, 11) is 1.65. The van der Waals surface area contributed by atoms with Gasteiger partial charge in [0.25, 0.3) is 0 Å². The van der Waals surface area contributed by atoms with Crippen LogP contribution in [0.25, 0.3) is 33.2 Å². The first-order valence-electron chi connectivity index (χ1n) is 12.7. The number of carbonyl (C=O) groups is 1. The summed E-state index contributed by atoms with van der Waals surface area (Å²) in [5.41, 5.74) is 7.93. The van der Waals surface area contributed by atoms with E-state index in [1.807, 2.05) is 30.3 Å². The molecule has 0 bridgehead atoms. The molecule has 5 rings (SSSR count). The van der Waals surface area contributed by atoms with Gasteiger partial charge >= 0.3 is 0 Å². The molecular weight excluding hydrogens is 456 g/mol. The van der Waals surface area contributed by atoms with Crippen LogP contribution in [0.15, 0.2) is 103 Å². The van der Waals surface area contributed by atoms with Crippen molar-refractivity contribution in [2.75, 3.05) is 7.11 Å². The lowest BCUT2D eigenvalue weighted by Crippen LogP contribution is -2.24. The van der Waals surface area contributed by atoms with Gasteiger partial charge in [-0.1, -0.05) is 66.7 Å². The number of nitrogens with one attached hydrogen (secondary N) is 1. The van der Waals surface area contributed by atoms with Gasteiger partial charge in [0.1, 0.15) is 5.75 Å². The van der Waals surface area contributed by atoms with Crippen LogP contribution in [-0.2, 0) is 17.8 Å². The van der Waals surface area contributed by atoms with E-state index in [1.165, 1.54) is 11.1 Å². The molecule has 0 aliphatic carbocycles. The molecule has 4 heteroatoms. The number of fused-ring (bicyclic) bond motifs is 1. The van der Waals surface area contributed by atoms with E-state index in [4.69, 9.17) is 4.74 Å². The second-order valence-electron chi connectivity index (χ2n) is 9.64. The lowest BCUT2D eigenvalue weighted by molar-refractivity contribution is -0.120. The Hall–Kier alpha value is -4.31. The van der Waals surface area contributed by atoms with Gasteiger partial charge in [0.05, 0.1) is 13.5 Å². The van der Waals surface area contributed by atoms with Crippen LogP contribution >= 0.6 is 0 Å². The van der Waals surface area contributed by atoms with E-state index in [0.717, 1.165) is 38.9 Å². The third kappa shape index (κ3) is 5.44. The Kier molecular flexibility index (Phi) is 7.09. The molecule has 4 aromatic carbocycles. The monoisotopic (exact) mass is 488 g/mol. The van der Waals surface area contributed by atoms with E-state index in [1.54, 1.807) is 7.11 Å². The fraction of sp³-hybridized carbons (Fsp3) is 0.182. The first-order valence-corrected chi connectivity index (χ1v) is 12.7. The highest BCUT2D eigenvalue weighted by molar-refractivity contribution is 5.92. The SMILES string of the molecule is COc1ccc(CNC(=O)Cc2cn(C(C)C)c3ccc(-c4cccc(-c5ccccc5)c4)cc23)cc1. The Balaban J connectivity index is 1.42. The first kappa shape index (κ1) is 24.4. The predicted octanol–water partition coefficient (Wildman–Crippen LogP) is 7.42. The summed E-state index contributed by atoms with van der Waals surface area (Å²) in [5, 5.41) is 4.19. The topological polar surface area (TPSA) is 43.3 Å². The normalized spacial score (nSPS) is 11.1. The highest BCUT2D eigenvalue weighted by Crippen LogP contribution is 2.32. The van der Waals surface area contributed by atoms with Crippen LogP contribution in [0, 0.1) is 0 Å². The van der Waals surface area contributed by atoms with E-state index in [-0.39, 0.29) is 5.91 Å². The molecule has 0 aliphatic heterocycles. The van der Waals surface area contributed by atoms with Crippen molar-refractivity contribution in [3.8, 4) is 28.0 Å². The lowest BCUT2D eigenvalue weighted by atomic mass is 9.97. The number of carbonyl (C=O) groups excluding carboxylic acids is 1. The Bertz CT molecular complexity index is 1520. The average Bonchev–Trinajstić information content (AvgIpc) is 3.30. The van der Waals surface area contributed by atoms with Crippen LogP contribution in [-0.4, -0.2) is 17.6 Å². The molecular formula is C33H32N2O2. The maximum Gasteiger partial charge on any atom is 0.224 e. The number of hydrogen-bond acceptors (Lipinski definition) is 2. The average molecular weight is 489 g/mol. The van der Waals surface area contributed by atoms with Gasteiger partial charge in [-0.05, 0) is 77.6 Å². The van der Waals surface area contributed by atoms with Crippen molar-refractivity contribution >= 4 is 16.8 Å². The number of rotatable bonds is 8. The molecule has 4 nitrogen and oxygen atoms in total. The van der Waals surface area contributed by atoms with Gasteiger partial charge in [0.15, 0.2) is 0 Å². The number of nitrogens with zero attached hydrogens (tertiary/aromatic N) is 1. The van der Waals surface area contributed by atoms with Gasteiger partial charge in [-0.3, -0.25) is 4.79 Å². The van der Waals surface area contributed by atoms with Crippen LogP contribution < -0.4 is 10.1 Å². The molecule has 37 heavy (non-hydrogen) atoms. The van der Waals surface area contributed by atoms with Crippen molar-refractivity contribution in [2.24, 2.45) is 0 Å². The molecule has 1 amide bonds. The van der Waals surface area contributed by atoms with Gasteiger partial charge in [-0.2, -0.15) is 0 Å². The molecule has 0 aliphatic rings. The minimum Gasteiger partial charge on any atom is -0.497 e. The maximum atomic E-state index is 12.9. The van der Waals surface area contributed by atoms with Gasteiger partial charge in [0, 0.05) is 29.7 Å². The molecule has 186 valence electrons. The Morgan fingerprint density at radius 3 is 2.19 bits per heavy atom. The Labute approximate surface area is 218 Å². The first-order chi connectivity index (χ1) is 18.0. The van der Waals surface area contributed by atoms with Crippen molar-refractivity contribution in [1.82, 2.24) is 9.88 Å². The van der Waals surface area contributed by atoms with Crippen LogP contribution in [0.1, 0.15) is 31.0 Å². The van der Waals surface area contributed by atoms with Crippen molar-refractivity contribution in [3.63, 3.8) is 0 Å².